The third-order valence-electron chi connectivity index (χ3n) is 11.1. The van der Waals surface area contributed by atoms with Crippen LogP contribution in [0.4, 0.5) is 23.3 Å². The minimum atomic E-state index is -2.47. The van der Waals surface area contributed by atoms with Crippen LogP contribution in [-0.4, -0.2) is 76.4 Å². The maximum Gasteiger partial charge on any atom is 0.349 e. The number of anilines is 4. The van der Waals surface area contributed by atoms with Gasteiger partial charge in [-0.3, -0.25) is 9.13 Å². The van der Waals surface area contributed by atoms with E-state index in [4.69, 9.17) is 29.4 Å². The SMILES string of the molecule is Cn1cc2c(nc1=O)Nc1c(OCCNc3nc(N)nc4c3ncn4[C@H]3CC(CC(C)(C)[Si](C)(C)O)[C@@H](CO[Si](C)(C)C(C)(C)C)O3)cccc1O2. The summed E-state index contributed by atoms with van der Waals surface area (Å²) in [5, 5.41) is 6.32. The third kappa shape index (κ3) is 7.55. The number of aryl methyl sites for hydroxylation is 1. The summed E-state index contributed by atoms with van der Waals surface area (Å²) in [4.78, 5) is 41.1. The van der Waals surface area contributed by atoms with Gasteiger partial charge in [0.2, 0.25) is 5.95 Å². The van der Waals surface area contributed by atoms with Crippen molar-refractivity contribution in [1.29, 1.82) is 0 Å². The normalized spacial score (nSPS) is 19.2. The number of ether oxygens (including phenoxy) is 3. The van der Waals surface area contributed by atoms with Crippen molar-refractivity contribution in [3.8, 4) is 17.2 Å². The molecule has 1 saturated heterocycles. The number of fused-ring (bicyclic) bond motifs is 3. The molecule has 2 aliphatic heterocycles. The highest BCUT2D eigenvalue weighted by atomic mass is 28.4. The van der Waals surface area contributed by atoms with Gasteiger partial charge in [0.15, 0.2) is 50.9 Å². The number of benzene rings is 1. The zero-order valence-corrected chi connectivity index (χ0v) is 33.9. The molecule has 0 aliphatic carbocycles. The third-order valence-corrected chi connectivity index (χ3v) is 19.1. The largest absolute Gasteiger partial charge is 0.489 e. The number of imidazole rings is 1. The van der Waals surface area contributed by atoms with Crippen molar-refractivity contribution in [3.63, 3.8) is 0 Å². The number of hydrogen-bond acceptors (Lipinski definition) is 13. The van der Waals surface area contributed by atoms with Gasteiger partial charge in [-0.15, -0.1) is 0 Å². The number of nitrogen functional groups attached to an aromatic ring is 1. The van der Waals surface area contributed by atoms with Gasteiger partial charge in [-0.25, -0.2) is 9.78 Å². The lowest BCUT2D eigenvalue weighted by atomic mass is 9.90. The van der Waals surface area contributed by atoms with E-state index in [-0.39, 0.29) is 40.9 Å². The first-order valence-corrected chi connectivity index (χ1v) is 23.6. The van der Waals surface area contributed by atoms with Gasteiger partial charge in [-0.1, -0.05) is 40.7 Å². The Bertz CT molecular complexity index is 2000. The zero-order valence-electron chi connectivity index (χ0n) is 31.9. The molecule has 5 N–H and O–H groups in total. The lowest BCUT2D eigenvalue weighted by Crippen LogP contribution is -2.44. The fourth-order valence-electron chi connectivity index (χ4n) is 6.12. The Kier molecular flexibility index (Phi) is 9.97. The topological polar surface area (TPSA) is 186 Å². The van der Waals surface area contributed by atoms with E-state index in [1.54, 1.807) is 19.6 Å². The molecule has 52 heavy (non-hydrogen) atoms. The van der Waals surface area contributed by atoms with Crippen LogP contribution in [0.25, 0.3) is 11.2 Å². The average molecular weight is 752 g/mol. The fourth-order valence-corrected chi connectivity index (χ4v) is 7.90. The monoisotopic (exact) mass is 751 g/mol. The van der Waals surface area contributed by atoms with Crippen molar-refractivity contribution in [2.75, 3.05) is 36.1 Å². The van der Waals surface area contributed by atoms with Crippen LogP contribution < -0.4 is 31.5 Å². The van der Waals surface area contributed by atoms with Gasteiger partial charge in [-0.05, 0) is 67.2 Å². The van der Waals surface area contributed by atoms with E-state index in [9.17, 15) is 9.59 Å². The van der Waals surface area contributed by atoms with Crippen LogP contribution in [0, 0.1) is 5.92 Å². The van der Waals surface area contributed by atoms with Gasteiger partial charge in [0, 0.05) is 7.05 Å². The second kappa shape index (κ2) is 13.7. The van der Waals surface area contributed by atoms with Crippen LogP contribution in [0.3, 0.4) is 0 Å². The summed E-state index contributed by atoms with van der Waals surface area (Å²) in [7, 11) is -2.88. The number of nitrogens with zero attached hydrogens (tertiary/aromatic N) is 6. The molecule has 4 aromatic rings. The molecule has 2 aliphatic rings. The van der Waals surface area contributed by atoms with E-state index in [2.05, 4.69) is 73.3 Å². The maximum absolute atomic E-state index is 12.1. The maximum atomic E-state index is 12.1. The van der Waals surface area contributed by atoms with Crippen LogP contribution in [0.5, 0.6) is 17.2 Å². The number of rotatable bonds is 12. The van der Waals surface area contributed by atoms with Gasteiger partial charge < -0.3 is 39.8 Å². The number of aromatic nitrogens is 6. The molecule has 6 rings (SSSR count). The van der Waals surface area contributed by atoms with E-state index >= 15 is 0 Å². The Morgan fingerprint density at radius 1 is 1.12 bits per heavy atom. The summed E-state index contributed by atoms with van der Waals surface area (Å²) in [5.74, 6) is 2.63. The predicted molar refractivity (Wildman–Crippen MR) is 207 cm³/mol. The summed E-state index contributed by atoms with van der Waals surface area (Å²) in [6.45, 7) is 20.7. The van der Waals surface area contributed by atoms with Crippen LogP contribution in [-0.2, 0) is 16.2 Å². The Hall–Kier alpha value is -4.04. The Morgan fingerprint density at radius 3 is 2.58 bits per heavy atom. The Balaban J connectivity index is 1.16. The first kappa shape index (κ1) is 37.7. The summed E-state index contributed by atoms with van der Waals surface area (Å²) in [5.41, 5.74) is 7.56. The lowest BCUT2D eigenvalue weighted by Gasteiger charge is -2.39. The summed E-state index contributed by atoms with van der Waals surface area (Å²) in [6.07, 6.45) is 4.36. The van der Waals surface area contributed by atoms with Crippen molar-refractivity contribution in [3.05, 3.63) is 41.2 Å². The summed E-state index contributed by atoms with van der Waals surface area (Å²) in [6, 6.07) is 5.46. The first-order chi connectivity index (χ1) is 24.2. The molecule has 5 heterocycles. The zero-order chi connectivity index (χ0) is 37.8. The number of nitrogens with two attached hydrogens (primary N) is 1. The minimum Gasteiger partial charge on any atom is -0.489 e. The molecule has 282 valence electrons. The van der Waals surface area contributed by atoms with Crippen LogP contribution in [0.2, 0.25) is 36.3 Å². The molecular weight excluding hydrogens is 699 g/mol. The van der Waals surface area contributed by atoms with E-state index in [1.165, 1.54) is 4.57 Å². The highest BCUT2D eigenvalue weighted by Crippen LogP contribution is 2.49. The van der Waals surface area contributed by atoms with E-state index in [0.717, 1.165) is 12.8 Å². The first-order valence-electron chi connectivity index (χ1n) is 17.8. The van der Waals surface area contributed by atoms with E-state index in [0.29, 0.717) is 58.9 Å². The minimum absolute atomic E-state index is 0.0695. The van der Waals surface area contributed by atoms with Crippen LogP contribution >= 0.6 is 0 Å². The number of hydrogen-bond donors (Lipinski definition) is 4. The van der Waals surface area contributed by atoms with Crippen molar-refractivity contribution in [2.45, 2.75) is 96.1 Å². The standard InChI is InChI=1S/C35H53N9O6Si2/c1-34(2,3)52(9,10)48-19-25-21(17-35(4,5)51(7,8)46)16-26(50-25)44-20-38-28-30(40-32(36)42-31(28)44)37-14-15-47-22-12-11-13-23-27(22)39-29-24(49-23)18-43(6)33(45)41-29/h11-13,18,20-21,25-26,46H,14-17,19H2,1-10H3,(H,39,41,45)(H3,36,37,40,42)/t21?,25-,26-/m1/s1. The van der Waals surface area contributed by atoms with Gasteiger partial charge in [0.25, 0.3) is 0 Å². The van der Waals surface area contributed by atoms with Crippen LogP contribution in [0.1, 0.15) is 53.7 Å². The van der Waals surface area contributed by atoms with Gasteiger partial charge in [0.05, 0.1) is 31.8 Å². The molecule has 3 aromatic heterocycles. The smallest absolute Gasteiger partial charge is 0.349 e. The number of nitrogens with one attached hydrogen (secondary N) is 2. The molecule has 0 amide bonds. The molecule has 0 spiro atoms. The molecule has 0 bridgehead atoms. The molecule has 15 nitrogen and oxygen atoms in total. The molecule has 0 saturated carbocycles. The Labute approximate surface area is 306 Å². The molecule has 1 fully saturated rings. The van der Waals surface area contributed by atoms with Crippen molar-refractivity contribution < 1.29 is 23.4 Å². The van der Waals surface area contributed by atoms with E-state index in [1.807, 2.05) is 35.9 Å². The highest BCUT2D eigenvalue weighted by molar-refractivity contribution is 6.74. The van der Waals surface area contributed by atoms with Crippen molar-refractivity contribution in [2.24, 2.45) is 13.0 Å². The van der Waals surface area contributed by atoms with Gasteiger partial charge in [0.1, 0.15) is 24.3 Å². The molecule has 17 heteroatoms. The summed E-state index contributed by atoms with van der Waals surface area (Å²) >= 11 is 0. The molecule has 1 unspecified atom stereocenters. The van der Waals surface area contributed by atoms with E-state index < -0.39 is 22.3 Å². The average Bonchev–Trinajstić information content (AvgIpc) is 3.64. The molecule has 0 radical (unpaired) electrons. The lowest BCUT2D eigenvalue weighted by molar-refractivity contribution is -0.0278. The highest BCUT2D eigenvalue weighted by Gasteiger charge is 2.47. The molecule has 1 aromatic carbocycles. The fraction of sp³-hybridized carbons (Fsp3) is 0.571. The Morgan fingerprint density at radius 2 is 1.87 bits per heavy atom. The summed E-state index contributed by atoms with van der Waals surface area (Å²) < 4.78 is 28.9. The molecule has 3 atom stereocenters. The molecular formula is C35H53N9O6Si2. The second-order valence-corrected chi connectivity index (χ2v) is 25.9. The second-order valence-electron chi connectivity index (χ2n) is 16.6. The van der Waals surface area contributed by atoms with Crippen LogP contribution in [0.15, 0.2) is 35.5 Å². The van der Waals surface area contributed by atoms with Crippen molar-refractivity contribution in [1.82, 2.24) is 29.1 Å². The number of para-hydroxylation sites is 1. The predicted octanol–water partition coefficient (Wildman–Crippen LogP) is 6.14. The van der Waals surface area contributed by atoms with Gasteiger partial charge >= 0.3 is 5.69 Å². The quantitative estimate of drug-likeness (QED) is 0.0843. The van der Waals surface area contributed by atoms with Gasteiger partial charge in [-0.2, -0.15) is 15.0 Å². The van der Waals surface area contributed by atoms with Crippen molar-refractivity contribution >= 4 is 51.1 Å².